The highest BCUT2D eigenvalue weighted by Crippen LogP contribution is 2.06. The van der Waals surface area contributed by atoms with Gasteiger partial charge in [0.1, 0.15) is 0 Å². The number of hydrogen-bond acceptors (Lipinski definition) is 1. The lowest BCUT2D eigenvalue weighted by Gasteiger charge is -2.35. The van der Waals surface area contributed by atoms with E-state index in [1.54, 1.807) is 6.08 Å². The lowest BCUT2D eigenvalue weighted by Crippen LogP contribution is -2.48. The average Bonchev–Trinajstić information content (AvgIpc) is 2.40. The number of halogens is 1. The van der Waals surface area contributed by atoms with Crippen molar-refractivity contribution in [3.05, 3.63) is 12.2 Å². The number of carbonyl (C=O) groups excluding carboxylic acids is 1. The number of nitrogens with one attached hydrogen (secondary N) is 1. The number of quaternary nitrogens is 1. The van der Waals surface area contributed by atoms with Crippen molar-refractivity contribution in [3.8, 4) is 0 Å². The molecule has 0 heterocycles. The summed E-state index contributed by atoms with van der Waals surface area (Å²) in [5.41, 5.74) is 0. The molecular weight excluding hydrogens is 248 g/mol. The fourth-order valence-electron chi connectivity index (χ4n) is 2.08. The summed E-state index contributed by atoms with van der Waals surface area (Å²) < 4.78 is 1.14. The van der Waals surface area contributed by atoms with E-state index in [1.807, 2.05) is 6.08 Å². The first-order valence-electron chi connectivity index (χ1n) is 6.99. The third-order valence-electron chi connectivity index (χ3n) is 3.67. The molecule has 0 aromatic heterocycles. The molecule has 0 aliphatic carbocycles. The maximum absolute atomic E-state index is 11.4. The Morgan fingerprint density at radius 1 is 1.22 bits per heavy atom. The predicted molar refractivity (Wildman–Crippen MR) is 78.9 cm³/mol. The fourth-order valence-corrected chi connectivity index (χ4v) is 2.21. The Bertz CT molecular complexity index is 242. The van der Waals surface area contributed by atoms with Crippen LogP contribution in [0.15, 0.2) is 12.2 Å². The van der Waals surface area contributed by atoms with Crippen LogP contribution in [0.3, 0.4) is 0 Å². The maximum Gasteiger partial charge on any atom is 0.243 e. The van der Waals surface area contributed by atoms with Crippen molar-refractivity contribution < 1.29 is 9.28 Å². The Balaban J connectivity index is 3.81. The van der Waals surface area contributed by atoms with Gasteiger partial charge in [-0.3, -0.25) is 4.79 Å². The van der Waals surface area contributed by atoms with E-state index in [9.17, 15) is 4.79 Å². The van der Waals surface area contributed by atoms with Gasteiger partial charge in [0.2, 0.25) is 5.91 Å². The molecule has 0 fully saturated rings. The first kappa shape index (κ1) is 17.5. The SMILES string of the molecule is CC[N+](CC)(CC)CCCNC(=O)C=CCCCl. The van der Waals surface area contributed by atoms with E-state index in [0.717, 1.165) is 50.0 Å². The molecule has 0 bridgehead atoms. The van der Waals surface area contributed by atoms with E-state index in [1.165, 1.54) is 0 Å². The second kappa shape index (κ2) is 10.4. The third kappa shape index (κ3) is 7.02. The number of rotatable bonds is 10. The van der Waals surface area contributed by atoms with Crippen LogP contribution in [-0.2, 0) is 4.79 Å². The summed E-state index contributed by atoms with van der Waals surface area (Å²) in [7, 11) is 0. The first-order chi connectivity index (χ1) is 8.64. The highest BCUT2D eigenvalue weighted by Gasteiger charge is 2.19. The van der Waals surface area contributed by atoms with Gasteiger partial charge in [0.15, 0.2) is 0 Å². The molecule has 1 N–H and O–H groups in total. The Morgan fingerprint density at radius 3 is 2.33 bits per heavy atom. The van der Waals surface area contributed by atoms with E-state index in [4.69, 9.17) is 11.6 Å². The standard InChI is InChI=1S/C14H27ClN2O/c1-4-17(5-2,6-3)13-9-12-16-14(18)10-7-8-11-15/h7,10H,4-6,8-9,11-13H2,1-3H3/p+1. The number of hydrogen-bond donors (Lipinski definition) is 1. The molecule has 0 radical (unpaired) electrons. The highest BCUT2D eigenvalue weighted by molar-refractivity contribution is 6.17. The molecule has 106 valence electrons. The molecule has 0 aliphatic heterocycles. The number of amides is 1. The van der Waals surface area contributed by atoms with E-state index in [2.05, 4.69) is 26.1 Å². The molecule has 0 aromatic rings. The van der Waals surface area contributed by atoms with Crippen molar-refractivity contribution in [2.75, 3.05) is 38.6 Å². The largest absolute Gasteiger partial charge is 0.352 e. The smallest absolute Gasteiger partial charge is 0.243 e. The van der Waals surface area contributed by atoms with Gasteiger partial charge in [-0.1, -0.05) is 6.08 Å². The Labute approximate surface area is 117 Å². The van der Waals surface area contributed by atoms with E-state index < -0.39 is 0 Å². The van der Waals surface area contributed by atoms with E-state index in [0.29, 0.717) is 5.88 Å². The number of carbonyl (C=O) groups is 1. The molecule has 0 saturated heterocycles. The van der Waals surface area contributed by atoms with Crippen LogP contribution in [-0.4, -0.2) is 49.0 Å². The lowest BCUT2D eigenvalue weighted by atomic mass is 10.2. The normalized spacial score (nSPS) is 12.0. The van der Waals surface area contributed by atoms with Gasteiger partial charge in [-0.05, 0) is 33.3 Å². The van der Waals surface area contributed by atoms with Crippen molar-refractivity contribution in [1.29, 1.82) is 0 Å². The van der Waals surface area contributed by atoms with Crippen molar-refractivity contribution >= 4 is 17.5 Å². The summed E-state index contributed by atoms with van der Waals surface area (Å²) in [4.78, 5) is 11.4. The number of nitrogens with zero attached hydrogens (tertiary/aromatic N) is 1. The second-order valence-electron chi connectivity index (χ2n) is 4.54. The van der Waals surface area contributed by atoms with Crippen molar-refractivity contribution in [2.24, 2.45) is 0 Å². The van der Waals surface area contributed by atoms with Crippen LogP contribution in [0.2, 0.25) is 0 Å². The maximum atomic E-state index is 11.4. The van der Waals surface area contributed by atoms with E-state index in [-0.39, 0.29) is 5.91 Å². The molecule has 4 heteroatoms. The van der Waals surface area contributed by atoms with Crippen LogP contribution in [0.5, 0.6) is 0 Å². The molecule has 0 rings (SSSR count). The predicted octanol–water partition coefficient (Wildman–Crippen LogP) is 2.55. The van der Waals surface area contributed by atoms with Gasteiger partial charge < -0.3 is 9.80 Å². The van der Waals surface area contributed by atoms with Crippen LogP contribution in [0.1, 0.15) is 33.6 Å². The summed E-state index contributed by atoms with van der Waals surface area (Å²) in [5, 5.41) is 2.91. The van der Waals surface area contributed by atoms with Crippen molar-refractivity contribution in [2.45, 2.75) is 33.6 Å². The van der Waals surface area contributed by atoms with Crippen molar-refractivity contribution in [1.82, 2.24) is 5.32 Å². The van der Waals surface area contributed by atoms with Gasteiger partial charge in [0.25, 0.3) is 0 Å². The third-order valence-corrected chi connectivity index (χ3v) is 3.88. The number of alkyl halides is 1. The van der Waals surface area contributed by atoms with Gasteiger partial charge in [-0.2, -0.15) is 0 Å². The topological polar surface area (TPSA) is 29.1 Å². The van der Waals surface area contributed by atoms with Crippen LogP contribution in [0.25, 0.3) is 0 Å². The van der Waals surface area contributed by atoms with Gasteiger partial charge >= 0.3 is 0 Å². The summed E-state index contributed by atoms with van der Waals surface area (Å²) in [6.45, 7) is 12.1. The molecule has 0 aliphatic rings. The summed E-state index contributed by atoms with van der Waals surface area (Å²) in [6.07, 6.45) is 5.16. The van der Waals surface area contributed by atoms with Crippen LogP contribution in [0.4, 0.5) is 0 Å². The van der Waals surface area contributed by atoms with Gasteiger partial charge in [0, 0.05) is 18.8 Å². The monoisotopic (exact) mass is 275 g/mol. The fraction of sp³-hybridized carbons (Fsp3) is 0.786. The van der Waals surface area contributed by atoms with Gasteiger partial charge in [0.05, 0.1) is 26.2 Å². The molecule has 0 atom stereocenters. The molecule has 1 amide bonds. The second-order valence-corrected chi connectivity index (χ2v) is 4.92. The minimum Gasteiger partial charge on any atom is -0.352 e. The first-order valence-corrected chi connectivity index (χ1v) is 7.53. The van der Waals surface area contributed by atoms with Gasteiger partial charge in [-0.15, -0.1) is 11.6 Å². The average molecular weight is 276 g/mol. The molecular formula is C14H28ClN2O+. The van der Waals surface area contributed by atoms with E-state index >= 15 is 0 Å². The highest BCUT2D eigenvalue weighted by atomic mass is 35.5. The molecule has 18 heavy (non-hydrogen) atoms. The molecule has 0 saturated carbocycles. The zero-order chi connectivity index (χ0) is 13.9. The van der Waals surface area contributed by atoms with Gasteiger partial charge in [-0.25, -0.2) is 0 Å². The minimum absolute atomic E-state index is 0.0114. The van der Waals surface area contributed by atoms with Crippen molar-refractivity contribution in [3.63, 3.8) is 0 Å². The molecule has 0 aromatic carbocycles. The summed E-state index contributed by atoms with van der Waals surface area (Å²) in [5.74, 6) is 0.551. The molecule has 3 nitrogen and oxygen atoms in total. The Kier molecular flexibility index (Phi) is 10.1. The van der Waals surface area contributed by atoms with Crippen LogP contribution in [0, 0.1) is 0 Å². The van der Waals surface area contributed by atoms with Crippen LogP contribution >= 0.6 is 11.6 Å². The molecule has 0 unspecified atom stereocenters. The molecule has 0 spiro atoms. The summed E-state index contributed by atoms with van der Waals surface area (Å²) in [6, 6.07) is 0. The minimum atomic E-state index is -0.0114. The Morgan fingerprint density at radius 2 is 1.83 bits per heavy atom. The Hall–Kier alpha value is -0.540. The zero-order valence-corrected chi connectivity index (χ0v) is 12.8. The quantitative estimate of drug-likeness (QED) is 0.282. The summed E-state index contributed by atoms with van der Waals surface area (Å²) >= 11 is 5.52. The zero-order valence-electron chi connectivity index (χ0n) is 12.0. The lowest BCUT2D eigenvalue weighted by molar-refractivity contribution is -0.923. The number of allylic oxidation sites excluding steroid dienone is 1. The van der Waals surface area contributed by atoms with Crippen LogP contribution < -0.4 is 5.32 Å².